The second kappa shape index (κ2) is 12.9. The number of aromatic nitrogens is 3. The number of amidine groups is 1. The number of nitrogens with zero attached hydrogens (tertiary/aromatic N) is 5. The highest BCUT2D eigenvalue weighted by Gasteiger charge is 2.42. The summed E-state index contributed by atoms with van der Waals surface area (Å²) < 4.78 is 42.6. The van der Waals surface area contributed by atoms with Crippen LogP contribution in [0.1, 0.15) is 43.4 Å². The minimum atomic E-state index is -4.76. The molecule has 0 spiro atoms. The first kappa shape index (κ1) is 32.0. The average Bonchev–Trinajstić information content (AvgIpc) is 3.57. The Morgan fingerprint density at radius 1 is 1.13 bits per heavy atom. The number of hydrogen-bond acceptors (Lipinski definition) is 6. The number of carbonyl (C=O) groups excluding carboxylic acids is 1. The molecule has 2 amide bonds. The molecule has 9 nitrogen and oxygen atoms in total. The summed E-state index contributed by atoms with van der Waals surface area (Å²) >= 11 is 1.34. The lowest BCUT2D eigenvalue weighted by atomic mass is 9.98. The molecule has 45 heavy (non-hydrogen) atoms. The first-order chi connectivity index (χ1) is 21.3. The van der Waals surface area contributed by atoms with Crippen molar-refractivity contribution in [3.05, 3.63) is 89.7 Å². The van der Waals surface area contributed by atoms with Crippen molar-refractivity contribution in [1.29, 1.82) is 0 Å². The lowest BCUT2D eigenvalue weighted by Gasteiger charge is -2.33. The molecule has 0 bridgehead atoms. The molecule has 13 heteroatoms. The van der Waals surface area contributed by atoms with Gasteiger partial charge in [0.2, 0.25) is 0 Å². The molecule has 3 aromatic carbocycles. The van der Waals surface area contributed by atoms with Crippen LogP contribution in [-0.2, 0) is 6.42 Å². The SMILES string of the molecule is Cc1ccc(C(C)C)c(N2C(=NC(=O)NCCc3ccc(-c4ncn(-c5ccc(OC(F)(F)F)cc5)n4)cc3)SCC2(C)O)c1. The number of halogens is 3. The molecule has 4 aromatic rings. The third-order valence-electron chi connectivity index (χ3n) is 7.12. The lowest BCUT2D eigenvalue weighted by molar-refractivity contribution is -0.274. The van der Waals surface area contributed by atoms with Gasteiger partial charge >= 0.3 is 12.4 Å². The monoisotopic (exact) mass is 638 g/mol. The number of carbonyl (C=O) groups is 1. The van der Waals surface area contributed by atoms with Gasteiger partial charge in [-0.3, -0.25) is 4.90 Å². The smallest absolute Gasteiger partial charge is 0.406 e. The van der Waals surface area contributed by atoms with Gasteiger partial charge in [-0.25, -0.2) is 14.5 Å². The van der Waals surface area contributed by atoms with Crippen molar-refractivity contribution < 1.29 is 27.8 Å². The predicted molar refractivity (Wildman–Crippen MR) is 169 cm³/mol. The van der Waals surface area contributed by atoms with Crippen molar-refractivity contribution in [1.82, 2.24) is 20.1 Å². The molecule has 1 fully saturated rings. The highest BCUT2D eigenvalue weighted by Crippen LogP contribution is 2.40. The van der Waals surface area contributed by atoms with Crippen LogP contribution in [0.2, 0.25) is 0 Å². The molecule has 0 aliphatic carbocycles. The Morgan fingerprint density at radius 3 is 2.51 bits per heavy atom. The van der Waals surface area contributed by atoms with Gasteiger partial charge < -0.3 is 15.2 Å². The number of hydrogen-bond donors (Lipinski definition) is 2. The fourth-order valence-corrected chi connectivity index (χ4v) is 6.00. The predicted octanol–water partition coefficient (Wildman–Crippen LogP) is 6.83. The summed E-state index contributed by atoms with van der Waals surface area (Å²) in [6.07, 6.45) is -2.71. The van der Waals surface area contributed by atoms with Crippen molar-refractivity contribution in [3.8, 4) is 22.8 Å². The minimum Gasteiger partial charge on any atom is -0.406 e. The third-order valence-corrected chi connectivity index (χ3v) is 8.35. The van der Waals surface area contributed by atoms with E-state index < -0.39 is 18.1 Å². The molecule has 236 valence electrons. The molecule has 0 saturated carbocycles. The molecular weight excluding hydrogens is 605 g/mol. The van der Waals surface area contributed by atoms with Crippen molar-refractivity contribution in [2.75, 3.05) is 17.2 Å². The number of anilines is 1. The number of rotatable bonds is 8. The molecule has 0 radical (unpaired) electrons. The summed E-state index contributed by atoms with van der Waals surface area (Å²) in [7, 11) is 0. The zero-order valence-electron chi connectivity index (χ0n) is 25.2. The van der Waals surface area contributed by atoms with E-state index in [0.717, 1.165) is 27.9 Å². The summed E-state index contributed by atoms with van der Waals surface area (Å²) in [5.41, 5.74) is 4.04. The standard InChI is InChI=1S/C32H33F3N6O3S/c1-20(2)26-14-5-21(3)17-27(26)41-30(45-18-31(41,4)43)38-29(42)36-16-15-22-6-8-23(9-7-22)28-37-19-40(39-28)24-10-12-25(13-11-24)44-32(33,34)35/h5-14,17,19-20,43H,15-16,18H2,1-4H3,(H,36,42). The Balaban J connectivity index is 1.19. The van der Waals surface area contributed by atoms with E-state index in [4.69, 9.17) is 0 Å². The van der Waals surface area contributed by atoms with Crippen molar-refractivity contribution in [2.45, 2.75) is 52.1 Å². The van der Waals surface area contributed by atoms with Crippen LogP contribution in [0.15, 0.2) is 78.0 Å². The van der Waals surface area contributed by atoms with Crippen LogP contribution in [-0.4, -0.2) is 55.5 Å². The van der Waals surface area contributed by atoms with E-state index in [1.807, 2.05) is 43.3 Å². The van der Waals surface area contributed by atoms with E-state index in [0.29, 0.717) is 35.4 Å². The number of ether oxygens (including phenoxy) is 1. The van der Waals surface area contributed by atoms with Crippen LogP contribution in [0.3, 0.4) is 0 Å². The van der Waals surface area contributed by atoms with Crippen LogP contribution >= 0.6 is 11.8 Å². The average molecular weight is 639 g/mol. The topological polar surface area (TPSA) is 105 Å². The maximum atomic E-state index is 12.8. The van der Waals surface area contributed by atoms with E-state index >= 15 is 0 Å². The second-order valence-electron chi connectivity index (χ2n) is 11.2. The number of nitrogens with one attached hydrogen (secondary N) is 1. The van der Waals surface area contributed by atoms with E-state index in [-0.39, 0.29) is 11.7 Å². The van der Waals surface area contributed by atoms with Crippen LogP contribution in [0.4, 0.5) is 23.7 Å². The largest absolute Gasteiger partial charge is 0.573 e. The maximum Gasteiger partial charge on any atom is 0.573 e. The number of benzene rings is 3. The van der Waals surface area contributed by atoms with Gasteiger partial charge in [0.15, 0.2) is 16.7 Å². The molecular formula is C32H33F3N6O3S. The number of urea groups is 1. The highest BCUT2D eigenvalue weighted by atomic mass is 32.2. The molecule has 1 aliphatic heterocycles. The van der Waals surface area contributed by atoms with Gasteiger partial charge in [0.05, 0.1) is 5.69 Å². The highest BCUT2D eigenvalue weighted by molar-refractivity contribution is 8.14. The summed E-state index contributed by atoms with van der Waals surface area (Å²) in [5, 5.41) is 18.9. The summed E-state index contributed by atoms with van der Waals surface area (Å²) in [4.78, 5) is 23.2. The van der Waals surface area contributed by atoms with Crippen LogP contribution in [0, 0.1) is 6.92 Å². The quantitative estimate of drug-likeness (QED) is 0.218. The van der Waals surface area contributed by atoms with Crippen molar-refractivity contribution >= 4 is 28.6 Å². The van der Waals surface area contributed by atoms with Gasteiger partial charge in [0.1, 0.15) is 12.1 Å². The van der Waals surface area contributed by atoms with Gasteiger partial charge in [-0.05, 0) is 73.2 Å². The van der Waals surface area contributed by atoms with Crippen LogP contribution in [0.5, 0.6) is 5.75 Å². The normalized spacial score (nSPS) is 17.7. The molecule has 1 unspecified atom stereocenters. The fraction of sp³-hybridized carbons (Fsp3) is 0.312. The van der Waals surface area contributed by atoms with E-state index in [9.17, 15) is 23.1 Å². The van der Waals surface area contributed by atoms with Gasteiger partial charge in [0.25, 0.3) is 0 Å². The third kappa shape index (κ3) is 7.84. The zero-order valence-corrected chi connectivity index (χ0v) is 26.0. The number of thioether (sulfide) groups is 1. The first-order valence-corrected chi connectivity index (χ1v) is 15.3. The van der Waals surface area contributed by atoms with E-state index in [2.05, 4.69) is 45.0 Å². The fourth-order valence-electron chi connectivity index (χ4n) is 4.90. The van der Waals surface area contributed by atoms with Gasteiger partial charge in [-0.2, -0.15) is 4.99 Å². The van der Waals surface area contributed by atoms with E-state index in [1.165, 1.54) is 47.0 Å². The van der Waals surface area contributed by atoms with Gasteiger partial charge in [-0.15, -0.1) is 18.3 Å². The maximum absolute atomic E-state index is 12.8. The lowest BCUT2D eigenvalue weighted by Crippen LogP contribution is -2.46. The van der Waals surface area contributed by atoms with Crippen molar-refractivity contribution in [2.24, 2.45) is 4.99 Å². The molecule has 1 aromatic heterocycles. The Labute approximate surface area is 263 Å². The number of aliphatic hydroxyl groups is 1. The number of alkyl halides is 3. The first-order valence-electron chi connectivity index (χ1n) is 14.3. The van der Waals surface area contributed by atoms with Crippen LogP contribution < -0.4 is 15.0 Å². The van der Waals surface area contributed by atoms with E-state index in [1.54, 1.807) is 11.8 Å². The molecule has 2 heterocycles. The number of aryl methyl sites for hydroxylation is 1. The zero-order chi connectivity index (χ0) is 32.4. The summed E-state index contributed by atoms with van der Waals surface area (Å²) in [6, 6.07) is 18.5. The Kier molecular flexibility index (Phi) is 9.21. The van der Waals surface area contributed by atoms with Gasteiger partial charge in [-0.1, -0.05) is 62.0 Å². The summed E-state index contributed by atoms with van der Waals surface area (Å²) in [6.45, 7) is 8.26. The molecule has 2 N–H and O–H groups in total. The Bertz CT molecular complexity index is 1690. The molecule has 1 saturated heterocycles. The Hall–Kier alpha value is -4.36. The summed E-state index contributed by atoms with van der Waals surface area (Å²) in [5.74, 6) is 0.732. The molecule has 5 rings (SSSR count). The molecule has 1 aliphatic rings. The Morgan fingerprint density at radius 2 is 1.84 bits per heavy atom. The van der Waals surface area contributed by atoms with Crippen LogP contribution in [0.25, 0.3) is 17.1 Å². The minimum absolute atomic E-state index is 0.220. The number of aliphatic imine (C=N–C) groups is 1. The van der Waals surface area contributed by atoms with Crippen molar-refractivity contribution in [3.63, 3.8) is 0 Å². The number of amides is 2. The second-order valence-corrected chi connectivity index (χ2v) is 12.1. The van der Waals surface area contributed by atoms with Gasteiger partial charge in [0, 0.05) is 23.5 Å². The molecule has 1 atom stereocenters.